The largest absolute Gasteiger partial charge is 0.397 e. The van der Waals surface area contributed by atoms with Gasteiger partial charge in [0.15, 0.2) is 5.84 Å². The molecule has 0 bridgehead atoms. The van der Waals surface area contributed by atoms with E-state index in [-0.39, 0.29) is 11.4 Å². The van der Waals surface area contributed by atoms with E-state index in [0.29, 0.717) is 12.1 Å². The van der Waals surface area contributed by atoms with Crippen LogP contribution in [0.15, 0.2) is 23.4 Å². The number of halogens is 1. The summed E-state index contributed by atoms with van der Waals surface area (Å²) in [6.07, 6.45) is 0. The molecule has 0 atom stereocenters. The number of nitrogens with two attached hydrogens (primary N) is 2. The Hall–Kier alpha value is -1.62. The predicted molar refractivity (Wildman–Crippen MR) is 52.0 cm³/mol. The summed E-state index contributed by atoms with van der Waals surface area (Å²) in [5.74, 6) is -0.445. The summed E-state index contributed by atoms with van der Waals surface area (Å²) in [5, 5.41) is 3.43. The first-order chi connectivity index (χ1) is 6.69. The Labute approximate surface area is 81.3 Å². The lowest BCUT2D eigenvalue weighted by Gasteiger charge is -2.03. The average molecular weight is 197 g/mol. The number of hydrogen-bond acceptors (Lipinski definition) is 3. The summed E-state index contributed by atoms with van der Waals surface area (Å²) in [6, 6.07) is 4.54. The van der Waals surface area contributed by atoms with E-state index in [1.54, 1.807) is 6.07 Å². The van der Waals surface area contributed by atoms with E-state index in [9.17, 15) is 4.39 Å². The van der Waals surface area contributed by atoms with Gasteiger partial charge in [-0.05, 0) is 17.7 Å². The molecule has 4 nitrogen and oxygen atoms in total. The molecule has 0 aliphatic heterocycles. The van der Waals surface area contributed by atoms with Crippen molar-refractivity contribution in [1.29, 1.82) is 0 Å². The topological polar surface area (TPSA) is 73.6 Å². The maximum absolute atomic E-state index is 13.3. The number of hydrogen-bond donors (Lipinski definition) is 2. The second-order valence-electron chi connectivity index (χ2n) is 2.68. The molecule has 1 rings (SSSR count). The lowest BCUT2D eigenvalue weighted by molar-refractivity contribution is 0.213. The first kappa shape index (κ1) is 10.5. The van der Waals surface area contributed by atoms with E-state index in [1.807, 2.05) is 0 Å². The quantitative estimate of drug-likeness (QED) is 0.422. The fraction of sp³-hybridized carbons (Fsp3) is 0.222. The number of amidine groups is 1. The van der Waals surface area contributed by atoms with Crippen LogP contribution in [0.3, 0.4) is 0 Å². The molecule has 14 heavy (non-hydrogen) atoms. The summed E-state index contributed by atoms with van der Waals surface area (Å²) in [6.45, 7) is 0.290. The van der Waals surface area contributed by atoms with Crippen molar-refractivity contribution in [3.63, 3.8) is 0 Å². The molecule has 0 aromatic heterocycles. The minimum atomic E-state index is -0.453. The molecule has 0 unspecified atom stereocenters. The monoisotopic (exact) mass is 197 g/mol. The van der Waals surface area contributed by atoms with Gasteiger partial charge in [0.25, 0.3) is 0 Å². The van der Waals surface area contributed by atoms with E-state index >= 15 is 0 Å². The molecule has 4 N–H and O–H groups in total. The fourth-order valence-electron chi connectivity index (χ4n) is 1.04. The Morgan fingerprint density at radius 3 is 2.79 bits per heavy atom. The van der Waals surface area contributed by atoms with Crippen LogP contribution in [0.4, 0.5) is 4.39 Å². The van der Waals surface area contributed by atoms with Gasteiger partial charge >= 0.3 is 0 Å². The van der Waals surface area contributed by atoms with Crippen LogP contribution in [-0.4, -0.2) is 12.9 Å². The Bertz CT molecular complexity index is 352. The van der Waals surface area contributed by atoms with Crippen LogP contribution >= 0.6 is 0 Å². The van der Waals surface area contributed by atoms with Crippen molar-refractivity contribution in [2.75, 3.05) is 7.11 Å². The fourth-order valence-corrected chi connectivity index (χ4v) is 1.04. The summed E-state index contributed by atoms with van der Waals surface area (Å²) in [4.78, 5) is 4.44. The zero-order valence-electron chi connectivity index (χ0n) is 7.83. The second-order valence-corrected chi connectivity index (χ2v) is 2.68. The van der Waals surface area contributed by atoms with Crippen molar-refractivity contribution in [3.8, 4) is 0 Å². The molecule has 5 heteroatoms. The van der Waals surface area contributed by atoms with E-state index in [2.05, 4.69) is 9.99 Å². The van der Waals surface area contributed by atoms with Crippen molar-refractivity contribution in [1.82, 2.24) is 0 Å². The number of rotatable bonds is 3. The van der Waals surface area contributed by atoms with Crippen molar-refractivity contribution < 1.29 is 9.23 Å². The van der Waals surface area contributed by atoms with E-state index in [0.717, 1.165) is 0 Å². The third-order valence-corrected chi connectivity index (χ3v) is 1.73. The van der Waals surface area contributed by atoms with Crippen molar-refractivity contribution in [2.45, 2.75) is 6.54 Å². The molecule has 1 aromatic carbocycles. The smallest absolute Gasteiger partial charge is 0.173 e. The van der Waals surface area contributed by atoms with Crippen LogP contribution in [-0.2, 0) is 11.4 Å². The maximum atomic E-state index is 13.3. The SMILES string of the molecule is CO/N=C(/N)c1ccc(CN)cc1F. The average Bonchev–Trinajstić information content (AvgIpc) is 2.17. The number of nitrogens with zero attached hydrogens (tertiary/aromatic N) is 1. The normalized spacial score (nSPS) is 11.5. The standard InChI is InChI=1S/C9H12FN3O/c1-14-13-9(12)7-3-2-6(5-11)4-8(7)10/h2-4H,5,11H2,1H3,(H2,12,13). The van der Waals surface area contributed by atoms with Crippen LogP contribution in [0.2, 0.25) is 0 Å². The van der Waals surface area contributed by atoms with Crippen LogP contribution in [0.5, 0.6) is 0 Å². The van der Waals surface area contributed by atoms with Crippen LogP contribution in [0, 0.1) is 5.82 Å². The molecule has 0 saturated carbocycles. The summed E-state index contributed by atoms with van der Waals surface area (Å²) >= 11 is 0. The zero-order chi connectivity index (χ0) is 10.6. The van der Waals surface area contributed by atoms with Gasteiger partial charge in [-0.15, -0.1) is 0 Å². The molecule has 0 heterocycles. The van der Waals surface area contributed by atoms with Gasteiger partial charge in [-0.3, -0.25) is 0 Å². The first-order valence-corrected chi connectivity index (χ1v) is 4.04. The van der Waals surface area contributed by atoms with Gasteiger partial charge in [0.05, 0.1) is 5.56 Å². The van der Waals surface area contributed by atoms with Gasteiger partial charge in [0.2, 0.25) is 0 Å². The Balaban J connectivity index is 3.05. The van der Waals surface area contributed by atoms with Gasteiger partial charge in [0.1, 0.15) is 12.9 Å². The summed E-state index contributed by atoms with van der Waals surface area (Å²) in [7, 11) is 1.35. The van der Waals surface area contributed by atoms with Crippen LogP contribution < -0.4 is 11.5 Å². The molecule has 0 spiro atoms. The van der Waals surface area contributed by atoms with Gasteiger partial charge in [-0.25, -0.2) is 4.39 Å². The third kappa shape index (κ3) is 2.20. The highest BCUT2D eigenvalue weighted by atomic mass is 19.1. The summed E-state index contributed by atoms with van der Waals surface area (Å²) < 4.78 is 13.3. The highest BCUT2D eigenvalue weighted by Gasteiger charge is 2.07. The predicted octanol–water partition coefficient (Wildman–Crippen LogP) is 0.551. The van der Waals surface area contributed by atoms with E-state index in [4.69, 9.17) is 11.5 Å². The van der Waals surface area contributed by atoms with Crippen LogP contribution in [0.25, 0.3) is 0 Å². The first-order valence-electron chi connectivity index (χ1n) is 4.04. The Morgan fingerprint density at radius 1 is 1.57 bits per heavy atom. The molecule has 0 amide bonds. The third-order valence-electron chi connectivity index (χ3n) is 1.73. The molecule has 76 valence electrons. The minimum Gasteiger partial charge on any atom is -0.397 e. The Kier molecular flexibility index (Phi) is 3.41. The van der Waals surface area contributed by atoms with Gasteiger partial charge in [0, 0.05) is 6.54 Å². The molecule has 0 fully saturated rings. The highest BCUT2D eigenvalue weighted by molar-refractivity contribution is 5.97. The zero-order valence-corrected chi connectivity index (χ0v) is 7.83. The molecular weight excluding hydrogens is 185 g/mol. The van der Waals surface area contributed by atoms with E-state index < -0.39 is 5.82 Å². The molecule has 1 aromatic rings. The van der Waals surface area contributed by atoms with Crippen molar-refractivity contribution in [2.24, 2.45) is 16.6 Å². The molecule has 0 aliphatic carbocycles. The molecule has 0 saturated heterocycles. The van der Waals surface area contributed by atoms with Gasteiger partial charge in [-0.1, -0.05) is 11.2 Å². The van der Waals surface area contributed by atoms with Crippen molar-refractivity contribution in [3.05, 3.63) is 35.1 Å². The lowest BCUT2D eigenvalue weighted by Crippen LogP contribution is -2.15. The minimum absolute atomic E-state index is 0.00794. The molecular formula is C9H12FN3O. The number of oxime groups is 1. The van der Waals surface area contributed by atoms with Crippen molar-refractivity contribution >= 4 is 5.84 Å². The Morgan fingerprint density at radius 2 is 2.29 bits per heavy atom. The highest BCUT2D eigenvalue weighted by Crippen LogP contribution is 2.09. The lowest BCUT2D eigenvalue weighted by atomic mass is 10.1. The van der Waals surface area contributed by atoms with Crippen LogP contribution in [0.1, 0.15) is 11.1 Å². The molecule has 0 aliphatic rings. The maximum Gasteiger partial charge on any atom is 0.173 e. The second kappa shape index (κ2) is 4.57. The van der Waals surface area contributed by atoms with Gasteiger partial charge in [-0.2, -0.15) is 0 Å². The van der Waals surface area contributed by atoms with Gasteiger partial charge < -0.3 is 16.3 Å². The number of benzene rings is 1. The summed E-state index contributed by atoms with van der Waals surface area (Å²) in [5.41, 5.74) is 11.7. The van der Waals surface area contributed by atoms with E-state index in [1.165, 1.54) is 19.2 Å². The molecule has 0 radical (unpaired) electrons.